The second-order valence-electron chi connectivity index (χ2n) is 5.79. The van der Waals surface area contributed by atoms with E-state index in [-0.39, 0.29) is 10.9 Å². The van der Waals surface area contributed by atoms with Crippen molar-refractivity contribution in [1.82, 2.24) is 4.31 Å². The SMILES string of the molecule is COc1c(Br)cc(Br)cc1C1CC=CN1S(=O)(=O)c1ccc(C)cc1. The number of hydrogen-bond acceptors (Lipinski definition) is 3. The maximum Gasteiger partial charge on any atom is 0.264 e. The Hall–Kier alpha value is -1.31. The summed E-state index contributed by atoms with van der Waals surface area (Å²) in [5.74, 6) is 0.640. The molecule has 4 nitrogen and oxygen atoms in total. The summed E-state index contributed by atoms with van der Waals surface area (Å²) < 4.78 is 34.8. The first kappa shape index (κ1) is 18.5. The number of rotatable bonds is 4. The summed E-state index contributed by atoms with van der Waals surface area (Å²) in [6.45, 7) is 1.93. The van der Waals surface area contributed by atoms with Gasteiger partial charge in [0.05, 0.1) is 22.5 Å². The third-order valence-corrected chi connectivity index (χ3v) is 6.96. The molecule has 2 aromatic carbocycles. The predicted molar refractivity (Wildman–Crippen MR) is 105 cm³/mol. The molecule has 1 atom stereocenters. The van der Waals surface area contributed by atoms with Crippen molar-refractivity contribution < 1.29 is 13.2 Å². The van der Waals surface area contributed by atoms with E-state index in [4.69, 9.17) is 4.74 Å². The van der Waals surface area contributed by atoms with Crippen LogP contribution in [0.2, 0.25) is 0 Å². The third-order valence-electron chi connectivity index (χ3n) is 4.12. The summed E-state index contributed by atoms with van der Waals surface area (Å²) in [5, 5.41) is 0. The van der Waals surface area contributed by atoms with Crippen LogP contribution in [0.4, 0.5) is 0 Å². The summed E-state index contributed by atoms with van der Waals surface area (Å²) in [7, 11) is -2.06. The molecule has 1 aliphatic rings. The monoisotopic (exact) mass is 485 g/mol. The molecule has 0 radical (unpaired) electrons. The standard InChI is InChI=1S/C18H17Br2NO3S/c1-12-5-7-14(8-6-12)25(22,23)21-9-3-4-17(21)15-10-13(19)11-16(20)18(15)24-2/h3,5-11,17H,4H2,1-2H3. The van der Waals surface area contributed by atoms with Gasteiger partial charge in [-0.3, -0.25) is 4.31 Å². The first-order valence-electron chi connectivity index (χ1n) is 7.64. The second kappa shape index (κ2) is 7.13. The van der Waals surface area contributed by atoms with Gasteiger partial charge >= 0.3 is 0 Å². The van der Waals surface area contributed by atoms with Gasteiger partial charge < -0.3 is 4.74 Å². The first-order chi connectivity index (χ1) is 11.8. The molecule has 0 N–H and O–H groups in total. The molecular formula is C18H17Br2NO3S. The van der Waals surface area contributed by atoms with E-state index in [1.54, 1.807) is 37.6 Å². The molecule has 0 bridgehead atoms. The lowest BCUT2D eigenvalue weighted by Crippen LogP contribution is -2.28. The van der Waals surface area contributed by atoms with Gasteiger partial charge in [0.15, 0.2) is 0 Å². The van der Waals surface area contributed by atoms with Crippen molar-refractivity contribution >= 4 is 41.9 Å². The van der Waals surface area contributed by atoms with Crippen LogP contribution in [0, 0.1) is 6.92 Å². The Balaban J connectivity index is 2.07. The van der Waals surface area contributed by atoms with E-state index in [9.17, 15) is 8.42 Å². The Morgan fingerprint density at radius 1 is 1.16 bits per heavy atom. The highest BCUT2D eigenvalue weighted by molar-refractivity contribution is 9.11. The van der Waals surface area contributed by atoms with Gasteiger partial charge in [-0.25, -0.2) is 8.42 Å². The summed E-state index contributed by atoms with van der Waals surface area (Å²) in [6, 6.07) is 10.3. The molecule has 1 unspecified atom stereocenters. The fourth-order valence-corrected chi connectivity index (χ4v) is 5.81. The lowest BCUT2D eigenvalue weighted by molar-refractivity contribution is 0.380. The number of hydrogen-bond donors (Lipinski definition) is 0. The van der Waals surface area contributed by atoms with Gasteiger partial charge in [0, 0.05) is 16.2 Å². The molecular weight excluding hydrogens is 470 g/mol. The molecule has 0 saturated heterocycles. The van der Waals surface area contributed by atoms with Crippen molar-refractivity contribution in [2.45, 2.75) is 24.3 Å². The quantitative estimate of drug-likeness (QED) is 0.598. The van der Waals surface area contributed by atoms with E-state index in [1.165, 1.54) is 4.31 Å². The van der Waals surface area contributed by atoms with E-state index in [0.717, 1.165) is 20.1 Å². The maximum atomic E-state index is 13.1. The summed E-state index contributed by atoms with van der Waals surface area (Å²) in [4.78, 5) is 0.280. The van der Waals surface area contributed by atoms with E-state index in [0.29, 0.717) is 12.2 Å². The van der Waals surface area contributed by atoms with Crippen LogP contribution in [0.1, 0.15) is 23.6 Å². The van der Waals surface area contributed by atoms with Crippen molar-refractivity contribution in [3.8, 4) is 5.75 Å². The van der Waals surface area contributed by atoms with Crippen LogP contribution in [-0.4, -0.2) is 19.8 Å². The molecule has 2 aromatic rings. The Morgan fingerprint density at radius 2 is 1.84 bits per heavy atom. The molecule has 132 valence electrons. The Labute approximate surface area is 164 Å². The lowest BCUT2D eigenvalue weighted by atomic mass is 10.0. The van der Waals surface area contributed by atoms with Gasteiger partial charge in [0.2, 0.25) is 0 Å². The Kier molecular flexibility index (Phi) is 5.27. The zero-order valence-electron chi connectivity index (χ0n) is 13.7. The van der Waals surface area contributed by atoms with E-state index in [2.05, 4.69) is 31.9 Å². The molecule has 1 aliphatic heterocycles. The van der Waals surface area contributed by atoms with Crippen LogP contribution in [0.3, 0.4) is 0 Å². The van der Waals surface area contributed by atoms with E-state index >= 15 is 0 Å². The molecule has 0 fully saturated rings. The Morgan fingerprint density at radius 3 is 2.48 bits per heavy atom. The van der Waals surface area contributed by atoms with Crippen LogP contribution in [0.5, 0.6) is 5.75 Å². The molecule has 7 heteroatoms. The Bertz CT molecular complexity index is 924. The van der Waals surface area contributed by atoms with Gasteiger partial charge in [-0.05, 0) is 53.5 Å². The van der Waals surface area contributed by atoms with Crippen molar-refractivity contribution in [3.63, 3.8) is 0 Å². The number of ether oxygens (including phenoxy) is 1. The van der Waals surface area contributed by atoms with Crippen LogP contribution >= 0.6 is 31.9 Å². The number of halogens is 2. The van der Waals surface area contributed by atoms with Crippen molar-refractivity contribution in [3.05, 3.63) is 68.7 Å². The van der Waals surface area contributed by atoms with Gasteiger partial charge in [-0.1, -0.05) is 39.7 Å². The average molecular weight is 487 g/mol. The largest absolute Gasteiger partial charge is 0.495 e. The summed E-state index contributed by atoms with van der Waals surface area (Å²) in [6.07, 6.45) is 4.09. The zero-order valence-corrected chi connectivity index (χ0v) is 17.7. The van der Waals surface area contributed by atoms with Crippen molar-refractivity contribution in [1.29, 1.82) is 0 Å². The van der Waals surface area contributed by atoms with E-state index < -0.39 is 10.0 Å². The smallest absolute Gasteiger partial charge is 0.264 e. The molecule has 0 spiro atoms. The van der Waals surface area contributed by atoms with Gasteiger partial charge in [0.1, 0.15) is 5.75 Å². The zero-order chi connectivity index (χ0) is 18.2. The minimum absolute atomic E-state index is 0.280. The van der Waals surface area contributed by atoms with Crippen molar-refractivity contribution in [2.75, 3.05) is 7.11 Å². The van der Waals surface area contributed by atoms with Crippen molar-refractivity contribution in [2.24, 2.45) is 0 Å². The lowest BCUT2D eigenvalue weighted by Gasteiger charge is -2.27. The number of methoxy groups -OCH3 is 1. The fourth-order valence-electron chi connectivity index (χ4n) is 2.89. The molecule has 0 aliphatic carbocycles. The van der Waals surface area contributed by atoms with Gasteiger partial charge in [-0.2, -0.15) is 0 Å². The third kappa shape index (κ3) is 3.50. The van der Waals surface area contributed by atoms with Crippen LogP contribution in [0.25, 0.3) is 0 Å². The summed E-state index contributed by atoms with van der Waals surface area (Å²) in [5.41, 5.74) is 1.83. The molecule has 1 heterocycles. The number of aryl methyl sites for hydroxylation is 1. The minimum Gasteiger partial charge on any atom is -0.495 e. The highest BCUT2D eigenvalue weighted by atomic mass is 79.9. The molecule has 0 aromatic heterocycles. The minimum atomic E-state index is -3.64. The normalized spacial score (nSPS) is 17.1. The summed E-state index contributed by atoms with van der Waals surface area (Å²) >= 11 is 6.96. The number of benzene rings is 2. The van der Waals surface area contributed by atoms with E-state index in [1.807, 2.05) is 25.1 Å². The number of nitrogens with zero attached hydrogens (tertiary/aromatic N) is 1. The average Bonchev–Trinajstić information content (AvgIpc) is 3.05. The van der Waals surface area contributed by atoms with Gasteiger partial charge in [-0.15, -0.1) is 0 Å². The van der Waals surface area contributed by atoms with Crippen LogP contribution in [0.15, 0.2) is 62.5 Å². The fraction of sp³-hybridized carbons (Fsp3) is 0.222. The highest BCUT2D eigenvalue weighted by Gasteiger charge is 2.34. The first-order valence-corrected chi connectivity index (χ1v) is 10.7. The molecule has 0 amide bonds. The van der Waals surface area contributed by atoms with Gasteiger partial charge in [0.25, 0.3) is 10.0 Å². The second-order valence-corrected chi connectivity index (χ2v) is 9.41. The van der Waals surface area contributed by atoms with Crippen LogP contribution in [-0.2, 0) is 10.0 Å². The molecule has 3 rings (SSSR count). The maximum absolute atomic E-state index is 13.1. The topological polar surface area (TPSA) is 46.6 Å². The number of sulfonamides is 1. The molecule has 0 saturated carbocycles. The highest BCUT2D eigenvalue weighted by Crippen LogP contribution is 2.43. The van der Waals surface area contributed by atoms with Crippen LogP contribution < -0.4 is 4.74 Å². The molecule has 25 heavy (non-hydrogen) atoms. The predicted octanol–water partition coefficient (Wildman–Crippen LogP) is 5.18.